The summed E-state index contributed by atoms with van der Waals surface area (Å²) in [7, 11) is -0.504. The Hall–Kier alpha value is -1.69. The van der Waals surface area contributed by atoms with Crippen molar-refractivity contribution in [1.82, 2.24) is 5.32 Å². The zero-order valence-electron chi connectivity index (χ0n) is 16.3. The molecule has 2 aromatic rings. The third kappa shape index (κ3) is 4.72. The molecule has 2 aromatic carbocycles. The molecule has 0 aromatic heterocycles. The molecule has 2 atom stereocenters. The predicted octanol–water partition coefficient (Wildman–Crippen LogP) is 5.21. The van der Waals surface area contributed by atoms with Crippen molar-refractivity contribution in [2.45, 2.75) is 33.7 Å². The van der Waals surface area contributed by atoms with E-state index in [4.69, 9.17) is 0 Å². The van der Waals surface area contributed by atoms with Crippen LogP contribution in [0.2, 0.25) is 0 Å². The molecule has 0 radical (unpaired) electrons. The van der Waals surface area contributed by atoms with Gasteiger partial charge >= 0.3 is 0 Å². The van der Waals surface area contributed by atoms with Crippen molar-refractivity contribution in [3.05, 3.63) is 84.2 Å². The second-order valence-corrected chi connectivity index (χ2v) is 10.5. The molecule has 0 fully saturated rings. The summed E-state index contributed by atoms with van der Waals surface area (Å²) in [5, 5.41) is 8.17. The highest BCUT2D eigenvalue weighted by Gasteiger charge is 2.29. The largest absolute Gasteiger partial charge is 0.313 e. The van der Waals surface area contributed by atoms with Gasteiger partial charge in [-0.3, -0.25) is 0 Å². The zero-order chi connectivity index (χ0) is 18.6. The van der Waals surface area contributed by atoms with Gasteiger partial charge in [-0.15, -0.1) is 0 Å². The molecule has 1 unspecified atom stereocenters. The van der Waals surface area contributed by atoms with Crippen molar-refractivity contribution in [1.29, 1.82) is 0 Å². The lowest BCUT2D eigenvalue weighted by Gasteiger charge is -2.31. The highest BCUT2D eigenvalue weighted by Crippen LogP contribution is 2.49. The van der Waals surface area contributed by atoms with Crippen LogP contribution in [0, 0.1) is 11.3 Å². The van der Waals surface area contributed by atoms with E-state index < -0.39 is 7.92 Å². The second kappa shape index (κ2) is 8.33. The van der Waals surface area contributed by atoms with E-state index in [9.17, 15) is 0 Å². The quantitative estimate of drug-likeness (QED) is 0.695. The molecule has 26 heavy (non-hydrogen) atoms. The van der Waals surface area contributed by atoms with Crippen LogP contribution in [0.15, 0.2) is 84.2 Å². The molecule has 0 aliphatic heterocycles. The fourth-order valence-electron chi connectivity index (χ4n) is 3.33. The van der Waals surface area contributed by atoms with Crippen molar-refractivity contribution < 1.29 is 0 Å². The predicted molar refractivity (Wildman–Crippen MR) is 117 cm³/mol. The summed E-state index contributed by atoms with van der Waals surface area (Å²) in [6.07, 6.45) is 6.97. The molecule has 3 rings (SSSR count). The number of rotatable bonds is 6. The van der Waals surface area contributed by atoms with Crippen LogP contribution >= 0.6 is 7.92 Å². The third-order valence-corrected chi connectivity index (χ3v) is 7.30. The Labute approximate surface area is 160 Å². The molecule has 0 heterocycles. The summed E-state index contributed by atoms with van der Waals surface area (Å²) in [6.45, 7) is 10.2. The number of allylic oxidation sites excluding steroid dienone is 2. The maximum Gasteiger partial charge on any atom is 0.0183 e. The molecule has 0 spiro atoms. The van der Waals surface area contributed by atoms with Crippen molar-refractivity contribution in [2.24, 2.45) is 11.3 Å². The lowest BCUT2D eigenvalue weighted by Crippen LogP contribution is -2.38. The molecule has 0 bridgehead atoms. The van der Waals surface area contributed by atoms with Crippen LogP contribution in [-0.4, -0.2) is 12.6 Å². The average molecular weight is 363 g/mol. The molecule has 0 amide bonds. The van der Waals surface area contributed by atoms with E-state index in [-0.39, 0.29) is 0 Å². The Kier molecular flexibility index (Phi) is 6.12. The van der Waals surface area contributed by atoms with E-state index in [1.807, 2.05) is 0 Å². The van der Waals surface area contributed by atoms with Crippen LogP contribution in [0.4, 0.5) is 0 Å². The van der Waals surface area contributed by atoms with Gasteiger partial charge in [0.2, 0.25) is 0 Å². The average Bonchev–Trinajstić information content (AvgIpc) is 3.10. The molecule has 0 saturated heterocycles. The summed E-state index contributed by atoms with van der Waals surface area (Å²) < 4.78 is 0. The summed E-state index contributed by atoms with van der Waals surface area (Å²) >= 11 is 0. The first-order valence-electron chi connectivity index (χ1n) is 9.48. The van der Waals surface area contributed by atoms with E-state index in [2.05, 4.69) is 112 Å². The van der Waals surface area contributed by atoms with Gasteiger partial charge in [0.15, 0.2) is 0 Å². The van der Waals surface area contributed by atoms with Gasteiger partial charge in [0.25, 0.3) is 0 Å². The summed E-state index contributed by atoms with van der Waals surface area (Å²) in [6, 6.07) is 22.4. The monoisotopic (exact) mass is 363 g/mol. The van der Waals surface area contributed by atoms with Crippen LogP contribution in [0.5, 0.6) is 0 Å². The smallest absolute Gasteiger partial charge is 0.0183 e. The van der Waals surface area contributed by atoms with Gasteiger partial charge < -0.3 is 5.32 Å². The van der Waals surface area contributed by atoms with E-state index in [0.29, 0.717) is 17.4 Å². The maximum atomic E-state index is 3.77. The van der Waals surface area contributed by atoms with Crippen LogP contribution in [-0.2, 0) is 0 Å². The van der Waals surface area contributed by atoms with Gasteiger partial charge in [0.1, 0.15) is 0 Å². The van der Waals surface area contributed by atoms with Crippen LogP contribution < -0.4 is 15.9 Å². The number of benzene rings is 2. The SMILES string of the molecule is C[C@@H](NCC(C)(C)C)C1C=CC=C1P(c1ccccc1)c1ccccc1. The lowest BCUT2D eigenvalue weighted by atomic mass is 9.95. The van der Waals surface area contributed by atoms with E-state index in [1.54, 1.807) is 5.31 Å². The van der Waals surface area contributed by atoms with E-state index >= 15 is 0 Å². The molecule has 1 nitrogen and oxygen atoms in total. The van der Waals surface area contributed by atoms with Gasteiger partial charge in [0.05, 0.1) is 0 Å². The Morgan fingerprint density at radius 3 is 1.96 bits per heavy atom. The normalized spacial score (nSPS) is 18.2. The second-order valence-electron chi connectivity index (χ2n) is 8.24. The molecule has 136 valence electrons. The van der Waals surface area contributed by atoms with Crippen molar-refractivity contribution >= 4 is 18.5 Å². The van der Waals surface area contributed by atoms with Gasteiger partial charge in [-0.25, -0.2) is 0 Å². The topological polar surface area (TPSA) is 12.0 Å². The van der Waals surface area contributed by atoms with Crippen molar-refractivity contribution in [3.8, 4) is 0 Å². The van der Waals surface area contributed by atoms with E-state index in [0.717, 1.165) is 6.54 Å². The fourth-order valence-corrected chi connectivity index (χ4v) is 6.00. The zero-order valence-corrected chi connectivity index (χ0v) is 17.2. The highest BCUT2D eigenvalue weighted by atomic mass is 31.1. The molecule has 1 aliphatic rings. The minimum Gasteiger partial charge on any atom is -0.313 e. The van der Waals surface area contributed by atoms with Crippen molar-refractivity contribution in [2.75, 3.05) is 6.54 Å². The van der Waals surface area contributed by atoms with Crippen LogP contribution in [0.25, 0.3) is 0 Å². The van der Waals surface area contributed by atoms with Gasteiger partial charge in [-0.2, -0.15) is 0 Å². The third-order valence-electron chi connectivity index (χ3n) is 4.71. The molecule has 0 saturated carbocycles. The minimum absolute atomic E-state index is 0.296. The van der Waals surface area contributed by atoms with E-state index in [1.165, 1.54) is 10.6 Å². The van der Waals surface area contributed by atoms with Gasteiger partial charge in [0, 0.05) is 18.5 Å². The van der Waals surface area contributed by atoms with Gasteiger partial charge in [-0.1, -0.05) is 99.7 Å². The lowest BCUT2D eigenvalue weighted by molar-refractivity contribution is 0.343. The summed E-state index contributed by atoms with van der Waals surface area (Å²) in [5.74, 6) is 0.448. The first-order chi connectivity index (χ1) is 12.5. The Bertz CT molecular complexity index is 716. The molecule has 2 heteroatoms. The molecular weight excluding hydrogens is 333 g/mol. The van der Waals surface area contributed by atoms with Crippen LogP contribution in [0.3, 0.4) is 0 Å². The fraction of sp³-hybridized carbons (Fsp3) is 0.333. The number of hydrogen-bond donors (Lipinski definition) is 1. The molecular formula is C24H30NP. The Morgan fingerprint density at radius 1 is 0.923 bits per heavy atom. The Morgan fingerprint density at radius 2 is 1.46 bits per heavy atom. The first kappa shape index (κ1) is 19.1. The van der Waals surface area contributed by atoms with Crippen molar-refractivity contribution in [3.63, 3.8) is 0 Å². The summed E-state index contributed by atoms with van der Waals surface area (Å²) in [4.78, 5) is 0. The summed E-state index contributed by atoms with van der Waals surface area (Å²) in [5.41, 5.74) is 0.296. The number of hydrogen-bond acceptors (Lipinski definition) is 1. The maximum absolute atomic E-state index is 3.77. The van der Waals surface area contributed by atoms with Gasteiger partial charge in [-0.05, 0) is 36.2 Å². The first-order valence-corrected chi connectivity index (χ1v) is 10.8. The number of nitrogens with one attached hydrogen (secondary N) is 1. The highest BCUT2D eigenvalue weighted by molar-refractivity contribution is 7.76. The standard InChI is InChI=1S/C24H30NP/c1-19(25-18-24(2,3)4)22-16-11-17-23(22)26(20-12-7-5-8-13-20)21-14-9-6-10-15-21/h5-17,19,22,25H,18H2,1-4H3/t19-,22?/m1/s1. The Balaban J connectivity index is 1.89. The molecule has 1 aliphatic carbocycles. The minimum atomic E-state index is -0.504. The molecule has 1 N–H and O–H groups in total. The van der Waals surface area contributed by atoms with Crippen LogP contribution in [0.1, 0.15) is 27.7 Å².